The van der Waals surface area contributed by atoms with Crippen LogP contribution < -0.4 is 0 Å². The van der Waals surface area contributed by atoms with Crippen molar-refractivity contribution >= 4 is 27.5 Å². The number of rotatable bonds is 3. The summed E-state index contributed by atoms with van der Waals surface area (Å²) in [6.45, 7) is 2.33. The number of carbonyl (C=O) groups is 1. The van der Waals surface area contributed by atoms with E-state index in [1.165, 1.54) is 11.3 Å². The number of aromatic nitrogens is 1. The quantitative estimate of drug-likeness (QED) is 0.873. The topological polar surface area (TPSA) is 42.4 Å². The van der Waals surface area contributed by atoms with Gasteiger partial charge in [0.05, 0.1) is 16.8 Å². The highest BCUT2D eigenvalue weighted by Crippen LogP contribution is 2.25. The number of carbonyl (C=O) groups excluding carboxylic acids is 1. The third-order valence-corrected chi connectivity index (χ3v) is 4.71. The number of ether oxygens (including phenoxy) is 1. The number of thiazole rings is 1. The number of nitrogens with zero attached hydrogens (tertiary/aromatic N) is 2. The molecule has 1 saturated heterocycles. The Morgan fingerprint density at radius 2 is 2.35 bits per heavy atom. The van der Waals surface area contributed by atoms with Crippen molar-refractivity contribution in [3.05, 3.63) is 29.3 Å². The van der Waals surface area contributed by atoms with E-state index >= 15 is 0 Å². The zero-order valence-electron chi connectivity index (χ0n) is 11.5. The summed E-state index contributed by atoms with van der Waals surface area (Å²) in [5, 5.41) is 0.601. The molecule has 20 heavy (non-hydrogen) atoms. The normalized spacial score (nSPS) is 19.4. The van der Waals surface area contributed by atoms with Crippen molar-refractivity contribution in [3.63, 3.8) is 0 Å². The predicted molar refractivity (Wildman–Crippen MR) is 80.1 cm³/mol. The van der Waals surface area contributed by atoms with E-state index in [-0.39, 0.29) is 5.91 Å². The maximum Gasteiger partial charge on any atom is 0.282 e. The van der Waals surface area contributed by atoms with Crippen LogP contribution in [0.2, 0.25) is 0 Å². The van der Waals surface area contributed by atoms with Crippen LogP contribution in [0, 0.1) is 5.92 Å². The number of para-hydroxylation sites is 1. The van der Waals surface area contributed by atoms with Crippen molar-refractivity contribution in [2.24, 2.45) is 5.92 Å². The molecule has 5 heteroatoms. The van der Waals surface area contributed by atoms with Crippen LogP contribution in [0.1, 0.15) is 22.6 Å². The first kappa shape index (κ1) is 13.5. The van der Waals surface area contributed by atoms with E-state index < -0.39 is 0 Å². The molecule has 1 aromatic carbocycles. The molecule has 1 aliphatic rings. The summed E-state index contributed by atoms with van der Waals surface area (Å²) in [5.74, 6) is 0.513. The Morgan fingerprint density at radius 3 is 3.15 bits per heavy atom. The van der Waals surface area contributed by atoms with Gasteiger partial charge >= 0.3 is 0 Å². The monoisotopic (exact) mass is 290 g/mol. The minimum Gasteiger partial charge on any atom is -0.384 e. The molecule has 1 aromatic heterocycles. The van der Waals surface area contributed by atoms with Gasteiger partial charge in [-0.2, -0.15) is 0 Å². The SMILES string of the molecule is COCC1CCCN(C(=O)c2nc3ccccc3s2)C1. The molecule has 0 bridgehead atoms. The van der Waals surface area contributed by atoms with Crippen molar-refractivity contribution in [2.45, 2.75) is 12.8 Å². The van der Waals surface area contributed by atoms with Crippen LogP contribution in [0.15, 0.2) is 24.3 Å². The first-order chi connectivity index (χ1) is 9.78. The molecule has 2 heterocycles. The fourth-order valence-corrected chi connectivity index (χ4v) is 3.65. The van der Waals surface area contributed by atoms with Crippen molar-refractivity contribution < 1.29 is 9.53 Å². The fourth-order valence-electron chi connectivity index (χ4n) is 2.72. The van der Waals surface area contributed by atoms with E-state index in [1.807, 2.05) is 29.2 Å². The zero-order valence-corrected chi connectivity index (χ0v) is 12.4. The smallest absolute Gasteiger partial charge is 0.282 e. The Hall–Kier alpha value is -1.46. The summed E-state index contributed by atoms with van der Waals surface area (Å²) in [6, 6.07) is 7.89. The van der Waals surface area contributed by atoms with Gasteiger partial charge in [-0.15, -0.1) is 11.3 Å². The molecule has 0 spiro atoms. The second-order valence-electron chi connectivity index (χ2n) is 5.20. The molecule has 2 aromatic rings. The molecule has 3 rings (SSSR count). The Kier molecular flexibility index (Phi) is 3.98. The molecule has 0 N–H and O–H groups in total. The summed E-state index contributed by atoms with van der Waals surface area (Å²) in [7, 11) is 1.72. The van der Waals surface area contributed by atoms with Gasteiger partial charge in [-0.3, -0.25) is 4.79 Å². The van der Waals surface area contributed by atoms with Crippen LogP contribution in [-0.2, 0) is 4.74 Å². The molecule has 0 radical (unpaired) electrons. The largest absolute Gasteiger partial charge is 0.384 e. The van der Waals surface area contributed by atoms with Gasteiger partial charge in [0.25, 0.3) is 5.91 Å². The Balaban J connectivity index is 1.77. The summed E-state index contributed by atoms with van der Waals surface area (Å²) < 4.78 is 6.28. The van der Waals surface area contributed by atoms with E-state index in [9.17, 15) is 4.79 Å². The first-order valence-electron chi connectivity index (χ1n) is 6.91. The Morgan fingerprint density at radius 1 is 1.50 bits per heavy atom. The van der Waals surface area contributed by atoms with Crippen LogP contribution in [-0.4, -0.2) is 42.6 Å². The van der Waals surface area contributed by atoms with Gasteiger partial charge in [-0.25, -0.2) is 4.98 Å². The van der Waals surface area contributed by atoms with Gasteiger partial charge in [0.15, 0.2) is 5.01 Å². The van der Waals surface area contributed by atoms with Crippen LogP contribution in [0.25, 0.3) is 10.2 Å². The standard InChI is InChI=1S/C15H18N2O2S/c1-19-10-11-5-4-8-17(9-11)15(18)14-16-12-6-2-3-7-13(12)20-14/h2-3,6-7,11H,4-5,8-10H2,1H3. The molecule has 1 aliphatic heterocycles. The number of fused-ring (bicyclic) bond motifs is 1. The molecule has 1 atom stereocenters. The highest BCUT2D eigenvalue weighted by Gasteiger charge is 2.26. The van der Waals surface area contributed by atoms with Crippen LogP contribution in [0.3, 0.4) is 0 Å². The number of likely N-dealkylation sites (tertiary alicyclic amines) is 1. The minimum atomic E-state index is 0.0620. The second kappa shape index (κ2) is 5.89. The molecule has 1 fully saturated rings. The predicted octanol–water partition coefficient (Wildman–Crippen LogP) is 2.79. The highest BCUT2D eigenvalue weighted by atomic mass is 32.1. The summed E-state index contributed by atoms with van der Waals surface area (Å²) >= 11 is 1.48. The van der Waals surface area contributed by atoms with Crippen LogP contribution in [0.4, 0.5) is 0 Å². The van der Waals surface area contributed by atoms with E-state index in [4.69, 9.17) is 4.74 Å². The maximum absolute atomic E-state index is 12.6. The fraction of sp³-hybridized carbons (Fsp3) is 0.467. The summed E-state index contributed by atoms with van der Waals surface area (Å²) in [5.41, 5.74) is 0.909. The van der Waals surface area contributed by atoms with Gasteiger partial charge < -0.3 is 9.64 Å². The van der Waals surface area contributed by atoms with Gasteiger partial charge in [-0.1, -0.05) is 12.1 Å². The highest BCUT2D eigenvalue weighted by molar-refractivity contribution is 7.20. The van der Waals surface area contributed by atoms with Gasteiger partial charge in [-0.05, 0) is 30.9 Å². The Bertz CT molecular complexity index is 576. The lowest BCUT2D eigenvalue weighted by molar-refractivity contribution is 0.0571. The number of hydrogen-bond acceptors (Lipinski definition) is 4. The number of amides is 1. The van der Waals surface area contributed by atoms with Crippen molar-refractivity contribution in [1.82, 2.24) is 9.88 Å². The molecule has 0 saturated carbocycles. The van der Waals surface area contributed by atoms with Crippen molar-refractivity contribution in [3.8, 4) is 0 Å². The average molecular weight is 290 g/mol. The third-order valence-electron chi connectivity index (χ3n) is 3.69. The lowest BCUT2D eigenvalue weighted by Gasteiger charge is -2.31. The van der Waals surface area contributed by atoms with E-state index in [0.717, 1.165) is 42.8 Å². The van der Waals surface area contributed by atoms with Gasteiger partial charge in [0.1, 0.15) is 0 Å². The number of benzene rings is 1. The molecular weight excluding hydrogens is 272 g/mol. The number of piperidine rings is 1. The van der Waals surface area contributed by atoms with Crippen molar-refractivity contribution in [2.75, 3.05) is 26.8 Å². The molecule has 1 unspecified atom stereocenters. The summed E-state index contributed by atoms with van der Waals surface area (Å²) in [6.07, 6.45) is 2.18. The average Bonchev–Trinajstić information content (AvgIpc) is 2.91. The van der Waals surface area contributed by atoms with E-state index in [0.29, 0.717) is 10.9 Å². The maximum atomic E-state index is 12.6. The lowest BCUT2D eigenvalue weighted by atomic mass is 9.99. The van der Waals surface area contributed by atoms with Gasteiger partial charge in [0, 0.05) is 20.2 Å². The number of methoxy groups -OCH3 is 1. The molecular formula is C15H18N2O2S. The minimum absolute atomic E-state index is 0.0620. The van der Waals surface area contributed by atoms with Gasteiger partial charge in [0.2, 0.25) is 0 Å². The van der Waals surface area contributed by atoms with Crippen LogP contribution in [0.5, 0.6) is 0 Å². The molecule has 106 valence electrons. The third kappa shape index (κ3) is 2.69. The van der Waals surface area contributed by atoms with E-state index in [1.54, 1.807) is 7.11 Å². The lowest BCUT2D eigenvalue weighted by Crippen LogP contribution is -2.41. The molecule has 4 nitrogen and oxygen atoms in total. The molecule has 1 amide bonds. The molecule has 0 aliphatic carbocycles. The van der Waals surface area contributed by atoms with Crippen LogP contribution >= 0.6 is 11.3 Å². The van der Waals surface area contributed by atoms with E-state index in [2.05, 4.69) is 4.98 Å². The zero-order chi connectivity index (χ0) is 13.9. The van der Waals surface area contributed by atoms with Crippen molar-refractivity contribution in [1.29, 1.82) is 0 Å². The first-order valence-corrected chi connectivity index (χ1v) is 7.73. The number of hydrogen-bond donors (Lipinski definition) is 0. The Labute approximate surface area is 122 Å². The summed E-state index contributed by atoms with van der Waals surface area (Å²) in [4.78, 5) is 18.9. The second-order valence-corrected chi connectivity index (χ2v) is 6.23.